The molecule has 1 heterocycles. The number of hydrogen-bond acceptors (Lipinski definition) is 4. The van der Waals surface area contributed by atoms with Gasteiger partial charge in [0.1, 0.15) is 5.82 Å². The highest BCUT2D eigenvalue weighted by molar-refractivity contribution is 7.86. The average Bonchev–Trinajstić information content (AvgIpc) is 2.45. The Morgan fingerprint density at radius 1 is 1.31 bits per heavy atom. The molecule has 0 N–H and O–H groups in total. The lowest BCUT2D eigenvalue weighted by molar-refractivity contribution is 0.339. The molecule has 1 aromatic rings. The van der Waals surface area contributed by atoms with Gasteiger partial charge in [0.05, 0.1) is 0 Å². The van der Waals surface area contributed by atoms with E-state index in [1.54, 1.807) is 0 Å². The first-order valence-electron chi connectivity index (χ1n) is 4.93. The molecule has 0 saturated heterocycles. The molecule has 0 spiro atoms. The van der Waals surface area contributed by atoms with E-state index in [0.717, 1.165) is 0 Å². The summed E-state index contributed by atoms with van der Waals surface area (Å²) in [5.41, 5.74) is -0.370. The van der Waals surface area contributed by atoms with Crippen LogP contribution in [0.15, 0.2) is 5.16 Å². The third-order valence-corrected chi connectivity index (χ3v) is 3.86. The molecule has 92 valence electrons. The van der Waals surface area contributed by atoms with Gasteiger partial charge in [0.25, 0.3) is 5.16 Å². The Morgan fingerprint density at radius 2 is 1.81 bits per heavy atom. The van der Waals surface area contributed by atoms with Crippen LogP contribution in [0.5, 0.6) is 0 Å². The monoisotopic (exact) mass is 249 g/mol. The van der Waals surface area contributed by atoms with Crippen molar-refractivity contribution in [3.05, 3.63) is 5.82 Å². The molecular weight excluding hydrogens is 233 g/mol. The first-order valence-corrected chi connectivity index (χ1v) is 6.31. The third kappa shape index (κ3) is 2.09. The lowest BCUT2D eigenvalue weighted by Crippen LogP contribution is -2.28. The minimum absolute atomic E-state index is 0.227. The van der Waals surface area contributed by atoms with E-state index in [2.05, 4.69) is 10.2 Å². The van der Waals surface area contributed by atoms with Gasteiger partial charge in [-0.05, 0) is 5.92 Å². The Labute approximate surface area is 94.9 Å². The molecule has 0 aliphatic rings. The van der Waals surface area contributed by atoms with E-state index in [1.807, 2.05) is 27.7 Å². The summed E-state index contributed by atoms with van der Waals surface area (Å²) in [6, 6.07) is 0. The topological polar surface area (TPSA) is 64.8 Å². The number of hydrogen-bond donors (Lipinski definition) is 0. The van der Waals surface area contributed by atoms with Crippen LogP contribution in [0.3, 0.4) is 0 Å². The SMILES string of the molecule is CC(C)C(C)(C)c1nnc(S(=O)(=O)F)n1C. The Balaban J connectivity index is 3.36. The van der Waals surface area contributed by atoms with Crippen molar-refractivity contribution >= 4 is 10.2 Å². The summed E-state index contributed by atoms with van der Waals surface area (Å²) in [5.74, 6) is 0.685. The molecule has 5 nitrogen and oxygen atoms in total. The van der Waals surface area contributed by atoms with E-state index >= 15 is 0 Å². The highest BCUT2D eigenvalue weighted by Gasteiger charge is 2.33. The first-order chi connectivity index (χ1) is 7.08. The van der Waals surface area contributed by atoms with E-state index < -0.39 is 15.4 Å². The van der Waals surface area contributed by atoms with E-state index in [1.165, 1.54) is 11.6 Å². The standard InChI is InChI=1S/C9H16FN3O2S/c1-6(2)9(3,4)7-11-12-8(13(7)5)16(10,14)15/h6H,1-5H3. The Bertz CT molecular complexity index is 491. The maximum atomic E-state index is 12.8. The molecule has 1 aromatic heterocycles. The van der Waals surface area contributed by atoms with Crippen molar-refractivity contribution in [2.24, 2.45) is 13.0 Å². The lowest BCUT2D eigenvalue weighted by atomic mass is 9.80. The summed E-state index contributed by atoms with van der Waals surface area (Å²) in [4.78, 5) is 0. The molecule has 0 amide bonds. The van der Waals surface area contributed by atoms with Crippen molar-refractivity contribution in [3.63, 3.8) is 0 Å². The van der Waals surface area contributed by atoms with Gasteiger partial charge in [-0.15, -0.1) is 10.2 Å². The largest absolute Gasteiger partial charge is 0.368 e. The van der Waals surface area contributed by atoms with Crippen LogP contribution in [0.25, 0.3) is 0 Å². The van der Waals surface area contributed by atoms with Gasteiger partial charge >= 0.3 is 10.2 Å². The highest BCUT2D eigenvalue weighted by Crippen LogP contribution is 2.30. The fraction of sp³-hybridized carbons (Fsp3) is 0.778. The molecular formula is C9H16FN3O2S. The number of nitrogens with zero attached hydrogens (tertiary/aromatic N) is 3. The summed E-state index contributed by atoms with van der Waals surface area (Å²) < 4.78 is 35.6. The van der Waals surface area contributed by atoms with Crippen LogP contribution in [-0.2, 0) is 22.7 Å². The molecule has 0 atom stereocenters. The molecule has 1 rings (SSSR count). The summed E-state index contributed by atoms with van der Waals surface area (Å²) in [6.45, 7) is 7.79. The number of aromatic nitrogens is 3. The quantitative estimate of drug-likeness (QED) is 0.760. The first kappa shape index (κ1) is 13.1. The highest BCUT2D eigenvalue weighted by atomic mass is 32.3. The van der Waals surface area contributed by atoms with Crippen LogP contribution >= 0.6 is 0 Å². The predicted octanol–water partition coefficient (Wildman–Crippen LogP) is 1.41. The van der Waals surface area contributed by atoms with E-state index in [4.69, 9.17) is 0 Å². The van der Waals surface area contributed by atoms with E-state index in [9.17, 15) is 12.3 Å². The summed E-state index contributed by atoms with van der Waals surface area (Å²) in [5, 5.41) is 6.51. The van der Waals surface area contributed by atoms with Gasteiger partial charge in [0.15, 0.2) is 0 Å². The van der Waals surface area contributed by atoms with Gasteiger partial charge in [-0.25, -0.2) is 0 Å². The van der Waals surface area contributed by atoms with Gasteiger partial charge < -0.3 is 4.57 Å². The summed E-state index contributed by atoms with van der Waals surface area (Å²) >= 11 is 0. The average molecular weight is 249 g/mol. The zero-order valence-corrected chi connectivity index (χ0v) is 10.8. The van der Waals surface area contributed by atoms with E-state index in [-0.39, 0.29) is 11.3 Å². The van der Waals surface area contributed by atoms with Crippen LogP contribution in [-0.4, -0.2) is 23.2 Å². The fourth-order valence-electron chi connectivity index (χ4n) is 1.35. The van der Waals surface area contributed by atoms with Gasteiger partial charge in [0.2, 0.25) is 0 Å². The van der Waals surface area contributed by atoms with Gasteiger partial charge in [-0.2, -0.15) is 8.42 Å². The number of halogens is 1. The van der Waals surface area contributed by atoms with Crippen molar-refractivity contribution in [3.8, 4) is 0 Å². The van der Waals surface area contributed by atoms with E-state index in [0.29, 0.717) is 5.82 Å². The second-order valence-electron chi connectivity index (χ2n) is 4.68. The fourth-order valence-corrected chi connectivity index (χ4v) is 1.90. The van der Waals surface area contributed by atoms with Gasteiger partial charge in [0, 0.05) is 12.5 Å². The van der Waals surface area contributed by atoms with Crippen LogP contribution in [0.2, 0.25) is 0 Å². The van der Waals surface area contributed by atoms with Crippen molar-refractivity contribution < 1.29 is 12.3 Å². The van der Waals surface area contributed by atoms with Crippen LogP contribution in [0.4, 0.5) is 3.89 Å². The van der Waals surface area contributed by atoms with Crippen LogP contribution < -0.4 is 0 Å². The minimum atomic E-state index is -4.81. The molecule has 0 aliphatic heterocycles. The molecule has 0 bridgehead atoms. The third-order valence-electron chi connectivity index (χ3n) is 3.07. The molecule has 0 saturated carbocycles. The molecule has 16 heavy (non-hydrogen) atoms. The Kier molecular flexibility index (Phi) is 3.11. The second kappa shape index (κ2) is 3.80. The van der Waals surface area contributed by atoms with Crippen molar-refractivity contribution in [1.82, 2.24) is 14.8 Å². The summed E-state index contributed by atoms with van der Waals surface area (Å²) in [7, 11) is -3.36. The molecule has 0 aliphatic carbocycles. The number of rotatable bonds is 3. The molecule has 7 heteroatoms. The summed E-state index contributed by atoms with van der Waals surface area (Å²) in [6.07, 6.45) is 0. The van der Waals surface area contributed by atoms with Gasteiger partial charge in [-0.3, -0.25) is 0 Å². The predicted molar refractivity (Wildman–Crippen MR) is 57.2 cm³/mol. The zero-order chi connectivity index (χ0) is 12.7. The van der Waals surface area contributed by atoms with Crippen LogP contribution in [0.1, 0.15) is 33.5 Å². The molecule has 0 unspecified atom stereocenters. The maximum Gasteiger partial charge on any atom is 0.368 e. The zero-order valence-electron chi connectivity index (χ0n) is 10.0. The van der Waals surface area contributed by atoms with Gasteiger partial charge in [-0.1, -0.05) is 31.6 Å². The maximum absolute atomic E-state index is 12.8. The molecule has 0 fully saturated rings. The second-order valence-corrected chi connectivity index (χ2v) is 5.92. The normalized spacial score (nSPS) is 13.4. The van der Waals surface area contributed by atoms with Crippen LogP contribution in [0, 0.1) is 5.92 Å². The van der Waals surface area contributed by atoms with Crippen molar-refractivity contribution in [2.45, 2.75) is 38.3 Å². The van der Waals surface area contributed by atoms with Crippen molar-refractivity contribution in [1.29, 1.82) is 0 Å². The Morgan fingerprint density at radius 3 is 2.12 bits per heavy atom. The smallest absolute Gasteiger partial charge is 0.302 e. The lowest BCUT2D eigenvalue weighted by Gasteiger charge is -2.27. The minimum Gasteiger partial charge on any atom is -0.302 e. The molecule has 0 radical (unpaired) electrons. The Hall–Kier alpha value is -0.980. The molecule has 0 aromatic carbocycles. The van der Waals surface area contributed by atoms with Crippen molar-refractivity contribution in [2.75, 3.05) is 0 Å².